The lowest BCUT2D eigenvalue weighted by atomic mass is 9.92. The fraction of sp³-hybridized carbons (Fsp3) is 1.00. The van der Waals surface area contributed by atoms with Gasteiger partial charge in [0.25, 0.3) is 0 Å². The third-order valence-corrected chi connectivity index (χ3v) is 3.57. The Morgan fingerprint density at radius 1 is 1.27 bits per heavy atom. The molecule has 0 amide bonds. The van der Waals surface area contributed by atoms with E-state index in [4.69, 9.17) is 4.74 Å². The molecule has 2 nitrogen and oxygen atoms in total. The van der Waals surface area contributed by atoms with Crippen LogP contribution in [-0.4, -0.2) is 25.3 Å². The van der Waals surface area contributed by atoms with E-state index in [0.29, 0.717) is 18.1 Å². The van der Waals surface area contributed by atoms with Crippen molar-refractivity contribution >= 4 is 0 Å². The Morgan fingerprint density at radius 3 is 2.47 bits per heavy atom. The Labute approximate surface area is 94.8 Å². The molecule has 1 N–H and O–H groups in total. The molecule has 2 heteroatoms. The van der Waals surface area contributed by atoms with Crippen LogP contribution in [0.5, 0.6) is 0 Å². The third kappa shape index (κ3) is 3.76. The SMILES string of the molecule is CCC(CC)NCC1CCOC1C(C)C. The first kappa shape index (κ1) is 13.0. The Kier molecular flexibility index (Phi) is 5.62. The second-order valence-corrected chi connectivity index (χ2v) is 5.05. The van der Waals surface area contributed by atoms with E-state index in [9.17, 15) is 0 Å². The number of rotatable bonds is 6. The van der Waals surface area contributed by atoms with Gasteiger partial charge in [-0.15, -0.1) is 0 Å². The van der Waals surface area contributed by atoms with Gasteiger partial charge in [0.2, 0.25) is 0 Å². The third-order valence-electron chi connectivity index (χ3n) is 3.57. The summed E-state index contributed by atoms with van der Waals surface area (Å²) in [7, 11) is 0. The predicted molar refractivity (Wildman–Crippen MR) is 65.1 cm³/mol. The van der Waals surface area contributed by atoms with Gasteiger partial charge in [0.05, 0.1) is 6.10 Å². The highest BCUT2D eigenvalue weighted by Gasteiger charge is 2.30. The van der Waals surface area contributed by atoms with Gasteiger partial charge in [0, 0.05) is 19.2 Å². The van der Waals surface area contributed by atoms with Crippen molar-refractivity contribution in [1.29, 1.82) is 0 Å². The number of nitrogens with one attached hydrogen (secondary N) is 1. The molecule has 15 heavy (non-hydrogen) atoms. The zero-order valence-electron chi connectivity index (χ0n) is 10.8. The summed E-state index contributed by atoms with van der Waals surface area (Å²) in [6, 6.07) is 0.693. The van der Waals surface area contributed by atoms with Crippen molar-refractivity contribution in [3.63, 3.8) is 0 Å². The molecule has 0 aromatic carbocycles. The van der Waals surface area contributed by atoms with E-state index in [1.807, 2.05) is 0 Å². The molecule has 0 spiro atoms. The van der Waals surface area contributed by atoms with Crippen LogP contribution in [0.4, 0.5) is 0 Å². The maximum absolute atomic E-state index is 5.79. The molecule has 0 aliphatic carbocycles. The number of hydrogen-bond acceptors (Lipinski definition) is 2. The highest BCUT2D eigenvalue weighted by Crippen LogP contribution is 2.26. The summed E-state index contributed by atoms with van der Waals surface area (Å²) < 4.78 is 5.79. The van der Waals surface area contributed by atoms with Crippen LogP contribution in [0.2, 0.25) is 0 Å². The Balaban J connectivity index is 2.30. The summed E-state index contributed by atoms with van der Waals surface area (Å²) in [6.07, 6.45) is 4.18. The van der Waals surface area contributed by atoms with Crippen molar-refractivity contribution in [2.75, 3.05) is 13.2 Å². The van der Waals surface area contributed by atoms with E-state index >= 15 is 0 Å². The fourth-order valence-electron chi connectivity index (χ4n) is 2.51. The maximum Gasteiger partial charge on any atom is 0.0639 e. The quantitative estimate of drug-likeness (QED) is 0.732. The van der Waals surface area contributed by atoms with E-state index in [1.165, 1.54) is 19.3 Å². The van der Waals surface area contributed by atoms with Crippen LogP contribution in [0.3, 0.4) is 0 Å². The van der Waals surface area contributed by atoms with Crippen molar-refractivity contribution < 1.29 is 4.74 Å². The van der Waals surface area contributed by atoms with Crippen molar-refractivity contribution in [2.24, 2.45) is 11.8 Å². The molecule has 0 aromatic heterocycles. The lowest BCUT2D eigenvalue weighted by Gasteiger charge is -2.24. The van der Waals surface area contributed by atoms with Crippen molar-refractivity contribution in [2.45, 2.75) is 59.1 Å². The molecule has 1 saturated heterocycles. The Bertz CT molecular complexity index is 166. The summed E-state index contributed by atoms with van der Waals surface area (Å²) in [5.74, 6) is 1.38. The second-order valence-electron chi connectivity index (χ2n) is 5.05. The molecule has 1 aliphatic heterocycles. The molecule has 90 valence electrons. The Morgan fingerprint density at radius 2 is 1.93 bits per heavy atom. The lowest BCUT2D eigenvalue weighted by molar-refractivity contribution is 0.0533. The molecular formula is C13H27NO. The van der Waals surface area contributed by atoms with Gasteiger partial charge in [-0.05, 0) is 31.1 Å². The number of hydrogen-bond donors (Lipinski definition) is 1. The summed E-state index contributed by atoms with van der Waals surface area (Å²) in [6.45, 7) is 11.1. The standard InChI is InChI=1S/C13H27NO/c1-5-12(6-2)14-9-11-7-8-15-13(11)10(3)4/h10-14H,5-9H2,1-4H3. The van der Waals surface area contributed by atoms with Gasteiger partial charge < -0.3 is 10.1 Å². The first-order valence-corrected chi connectivity index (χ1v) is 6.54. The van der Waals surface area contributed by atoms with Crippen molar-refractivity contribution in [1.82, 2.24) is 5.32 Å². The van der Waals surface area contributed by atoms with E-state index in [-0.39, 0.29) is 0 Å². The van der Waals surface area contributed by atoms with E-state index in [1.54, 1.807) is 0 Å². The highest BCUT2D eigenvalue weighted by atomic mass is 16.5. The van der Waals surface area contributed by atoms with Crippen LogP contribution < -0.4 is 5.32 Å². The molecule has 0 saturated carbocycles. The summed E-state index contributed by atoms with van der Waals surface area (Å²) in [4.78, 5) is 0. The topological polar surface area (TPSA) is 21.3 Å². The summed E-state index contributed by atoms with van der Waals surface area (Å²) in [5.41, 5.74) is 0. The predicted octanol–water partition coefficient (Wildman–Crippen LogP) is 2.83. The van der Waals surface area contributed by atoms with Gasteiger partial charge in [0.1, 0.15) is 0 Å². The normalized spacial score (nSPS) is 26.8. The zero-order chi connectivity index (χ0) is 11.3. The first-order chi connectivity index (χ1) is 7.19. The first-order valence-electron chi connectivity index (χ1n) is 6.54. The van der Waals surface area contributed by atoms with Crippen LogP contribution in [-0.2, 0) is 4.74 Å². The van der Waals surface area contributed by atoms with E-state index < -0.39 is 0 Å². The molecular weight excluding hydrogens is 186 g/mol. The van der Waals surface area contributed by atoms with Crippen LogP contribution >= 0.6 is 0 Å². The largest absolute Gasteiger partial charge is 0.378 e. The summed E-state index contributed by atoms with van der Waals surface area (Å²) >= 11 is 0. The van der Waals surface area contributed by atoms with Crippen LogP contribution in [0.15, 0.2) is 0 Å². The lowest BCUT2D eigenvalue weighted by Crippen LogP contribution is -2.36. The minimum absolute atomic E-state index is 0.479. The van der Waals surface area contributed by atoms with Crippen LogP contribution in [0.25, 0.3) is 0 Å². The van der Waals surface area contributed by atoms with Gasteiger partial charge in [-0.3, -0.25) is 0 Å². The van der Waals surface area contributed by atoms with E-state index in [2.05, 4.69) is 33.0 Å². The van der Waals surface area contributed by atoms with Crippen molar-refractivity contribution in [3.8, 4) is 0 Å². The minimum atomic E-state index is 0.479. The van der Waals surface area contributed by atoms with Gasteiger partial charge in [-0.2, -0.15) is 0 Å². The van der Waals surface area contributed by atoms with Gasteiger partial charge in [-0.25, -0.2) is 0 Å². The van der Waals surface area contributed by atoms with Crippen LogP contribution in [0, 0.1) is 11.8 Å². The zero-order valence-corrected chi connectivity index (χ0v) is 10.8. The van der Waals surface area contributed by atoms with Gasteiger partial charge >= 0.3 is 0 Å². The molecule has 1 fully saturated rings. The van der Waals surface area contributed by atoms with Gasteiger partial charge in [-0.1, -0.05) is 27.7 Å². The van der Waals surface area contributed by atoms with E-state index in [0.717, 1.165) is 19.1 Å². The minimum Gasteiger partial charge on any atom is -0.378 e. The average Bonchev–Trinajstić information content (AvgIpc) is 2.67. The molecule has 1 rings (SSSR count). The smallest absolute Gasteiger partial charge is 0.0639 e. The molecule has 0 aromatic rings. The molecule has 2 unspecified atom stereocenters. The van der Waals surface area contributed by atoms with Crippen LogP contribution in [0.1, 0.15) is 47.0 Å². The Hall–Kier alpha value is -0.0800. The van der Waals surface area contributed by atoms with Gasteiger partial charge in [0.15, 0.2) is 0 Å². The fourth-order valence-corrected chi connectivity index (χ4v) is 2.51. The molecule has 2 atom stereocenters. The molecule has 0 radical (unpaired) electrons. The highest BCUT2D eigenvalue weighted by molar-refractivity contribution is 4.81. The second kappa shape index (κ2) is 6.49. The maximum atomic E-state index is 5.79. The monoisotopic (exact) mass is 213 g/mol. The number of ether oxygens (including phenoxy) is 1. The van der Waals surface area contributed by atoms with Crippen molar-refractivity contribution in [3.05, 3.63) is 0 Å². The average molecular weight is 213 g/mol. The molecule has 1 aliphatic rings. The summed E-state index contributed by atoms with van der Waals surface area (Å²) in [5, 5.41) is 3.67. The molecule has 0 bridgehead atoms. The molecule has 1 heterocycles.